The summed E-state index contributed by atoms with van der Waals surface area (Å²) in [6.07, 6.45) is 6.15. The maximum atomic E-state index is 13.4. The quantitative estimate of drug-likeness (QED) is 0.690. The van der Waals surface area contributed by atoms with Gasteiger partial charge >= 0.3 is 0 Å². The lowest BCUT2D eigenvalue weighted by atomic mass is 9.94. The second kappa shape index (κ2) is 9.12. The monoisotopic (exact) mass is 417 g/mol. The molecule has 7 nitrogen and oxygen atoms in total. The Kier molecular flexibility index (Phi) is 6.11. The van der Waals surface area contributed by atoms with Gasteiger partial charge in [-0.1, -0.05) is 30.3 Å². The molecule has 1 atom stereocenters. The fourth-order valence-corrected chi connectivity index (χ4v) is 4.17. The molecule has 1 unspecified atom stereocenters. The fraction of sp³-hybridized carbons (Fsp3) is 0.333. The average Bonchev–Trinajstić information content (AvgIpc) is 3.15. The first kappa shape index (κ1) is 20.8. The molecule has 3 aromatic rings. The molecule has 0 radical (unpaired) electrons. The third kappa shape index (κ3) is 4.50. The number of benzene rings is 1. The van der Waals surface area contributed by atoms with Crippen molar-refractivity contribution in [1.29, 1.82) is 0 Å². The summed E-state index contributed by atoms with van der Waals surface area (Å²) < 4.78 is 1.66. The Morgan fingerprint density at radius 1 is 1.10 bits per heavy atom. The van der Waals surface area contributed by atoms with Crippen molar-refractivity contribution in [2.75, 3.05) is 6.54 Å². The fourth-order valence-electron chi connectivity index (χ4n) is 4.17. The topological polar surface area (TPSA) is 80.1 Å². The van der Waals surface area contributed by atoms with Crippen LogP contribution in [-0.2, 0) is 13.6 Å². The number of pyridine rings is 1. The zero-order valence-electron chi connectivity index (χ0n) is 17.9. The first-order chi connectivity index (χ1) is 15.0. The van der Waals surface area contributed by atoms with Gasteiger partial charge < -0.3 is 10.2 Å². The molecule has 0 bridgehead atoms. The molecular weight excluding hydrogens is 390 g/mol. The van der Waals surface area contributed by atoms with Gasteiger partial charge in [0.2, 0.25) is 0 Å². The summed E-state index contributed by atoms with van der Waals surface area (Å²) in [4.78, 5) is 32.8. The lowest BCUT2D eigenvalue weighted by molar-refractivity contribution is 0.0601. The molecule has 1 aliphatic heterocycles. The van der Waals surface area contributed by atoms with Gasteiger partial charge in [-0.3, -0.25) is 19.3 Å². The van der Waals surface area contributed by atoms with Crippen molar-refractivity contribution in [2.45, 2.75) is 38.8 Å². The Hall–Kier alpha value is -3.48. The summed E-state index contributed by atoms with van der Waals surface area (Å²) in [6, 6.07) is 13.1. The van der Waals surface area contributed by atoms with Crippen molar-refractivity contribution in [3.8, 4) is 0 Å². The number of hydrogen-bond donors (Lipinski definition) is 1. The van der Waals surface area contributed by atoms with Gasteiger partial charge in [-0.25, -0.2) is 0 Å². The number of amides is 2. The molecular formula is C24H27N5O2. The van der Waals surface area contributed by atoms with Gasteiger partial charge in [0.15, 0.2) is 0 Å². The highest BCUT2D eigenvalue weighted by atomic mass is 16.2. The highest BCUT2D eigenvalue weighted by Gasteiger charge is 2.33. The Morgan fingerprint density at radius 2 is 1.90 bits per heavy atom. The van der Waals surface area contributed by atoms with Crippen molar-refractivity contribution in [1.82, 2.24) is 25.0 Å². The second-order valence-electron chi connectivity index (χ2n) is 7.92. The summed E-state index contributed by atoms with van der Waals surface area (Å²) in [7, 11) is 1.81. The minimum Gasteiger partial charge on any atom is -0.348 e. The van der Waals surface area contributed by atoms with E-state index >= 15 is 0 Å². The number of aryl methyl sites for hydroxylation is 2. The molecule has 3 heterocycles. The molecule has 0 aliphatic carbocycles. The summed E-state index contributed by atoms with van der Waals surface area (Å²) in [5.74, 6) is -0.237. The molecule has 1 aliphatic rings. The van der Waals surface area contributed by atoms with Crippen LogP contribution in [0.5, 0.6) is 0 Å². The van der Waals surface area contributed by atoms with Crippen molar-refractivity contribution in [2.24, 2.45) is 7.05 Å². The highest BCUT2D eigenvalue weighted by Crippen LogP contribution is 2.33. The van der Waals surface area contributed by atoms with E-state index in [1.54, 1.807) is 29.2 Å². The average molecular weight is 418 g/mol. The van der Waals surface area contributed by atoms with Gasteiger partial charge in [-0.05, 0) is 43.9 Å². The van der Waals surface area contributed by atoms with E-state index in [1.165, 1.54) is 0 Å². The molecule has 0 saturated carbocycles. The van der Waals surface area contributed by atoms with Gasteiger partial charge in [0.25, 0.3) is 11.8 Å². The number of nitrogens with zero attached hydrogens (tertiary/aromatic N) is 4. The van der Waals surface area contributed by atoms with Crippen LogP contribution in [0.25, 0.3) is 0 Å². The van der Waals surface area contributed by atoms with Crippen LogP contribution in [0.15, 0.2) is 54.9 Å². The van der Waals surface area contributed by atoms with Gasteiger partial charge in [0.05, 0.1) is 28.6 Å². The van der Waals surface area contributed by atoms with E-state index in [2.05, 4.69) is 15.4 Å². The smallest absolute Gasteiger partial charge is 0.257 e. The summed E-state index contributed by atoms with van der Waals surface area (Å²) in [6.45, 7) is 2.92. The summed E-state index contributed by atoms with van der Waals surface area (Å²) in [5.41, 5.74) is 3.51. The zero-order chi connectivity index (χ0) is 21.8. The lowest BCUT2D eigenvalue weighted by Gasteiger charge is -2.36. The van der Waals surface area contributed by atoms with E-state index < -0.39 is 0 Å². The van der Waals surface area contributed by atoms with Gasteiger partial charge in [0.1, 0.15) is 0 Å². The van der Waals surface area contributed by atoms with Gasteiger partial charge in [-0.15, -0.1) is 0 Å². The number of aromatic nitrogens is 3. The lowest BCUT2D eigenvalue weighted by Crippen LogP contribution is -2.40. The first-order valence-electron chi connectivity index (χ1n) is 10.6. The predicted molar refractivity (Wildman–Crippen MR) is 117 cm³/mol. The normalized spacial score (nSPS) is 16.2. The second-order valence-corrected chi connectivity index (χ2v) is 7.92. The van der Waals surface area contributed by atoms with Crippen molar-refractivity contribution in [3.63, 3.8) is 0 Å². The van der Waals surface area contributed by atoms with E-state index in [1.807, 2.05) is 49.2 Å². The number of rotatable bonds is 5. The minimum atomic E-state index is -0.237. The Balaban J connectivity index is 1.59. The number of likely N-dealkylation sites (tertiary alicyclic amines) is 1. The largest absolute Gasteiger partial charge is 0.348 e. The Labute approximate surface area is 182 Å². The Bertz CT molecular complexity index is 1080. The SMILES string of the molecule is Cc1nn(C)cc1C(=O)N1CCCCC1c1ncccc1C(=O)NCc1ccccc1. The third-order valence-corrected chi connectivity index (χ3v) is 5.70. The minimum absolute atomic E-state index is 0.0587. The molecule has 1 saturated heterocycles. The molecule has 31 heavy (non-hydrogen) atoms. The molecule has 1 N–H and O–H groups in total. The molecule has 2 amide bonds. The zero-order valence-corrected chi connectivity index (χ0v) is 17.9. The number of hydrogen-bond acceptors (Lipinski definition) is 4. The van der Waals surface area contributed by atoms with Crippen LogP contribution in [0.2, 0.25) is 0 Å². The van der Waals surface area contributed by atoms with Crippen molar-refractivity contribution < 1.29 is 9.59 Å². The van der Waals surface area contributed by atoms with Gasteiger partial charge in [0, 0.05) is 32.5 Å². The van der Waals surface area contributed by atoms with Crippen LogP contribution < -0.4 is 5.32 Å². The molecule has 1 fully saturated rings. The van der Waals surface area contributed by atoms with Crippen LogP contribution in [0.1, 0.15) is 63.0 Å². The number of carbonyl (C=O) groups is 2. The third-order valence-electron chi connectivity index (χ3n) is 5.70. The standard InChI is InChI=1S/C24H27N5O2/c1-17-20(16-28(2)27-17)24(31)29-14-7-6-12-21(29)22-19(11-8-13-25-22)23(30)26-15-18-9-4-3-5-10-18/h3-5,8-11,13,16,21H,6-7,12,14-15H2,1-2H3,(H,26,30). The van der Waals surface area contributed by atoms with E-state index in [-0.39, 0.29) is 17.9 Å². The highest BCUT2D eigenvalue weighted by molar-refractivity contribution is 5.97. The number of piperidine rings is 1. The number of nitrogens with one attached hydrogen (secondary N) is 1. The van der Waals surface area contributed by atoms with Crippen molar-refractivity contribution in [3.05, 3.63) is 82.9 Å². The summed E-state index contributed by atoms with van der Waals surface area (Å²) >= 11 is 0. The van der Waals surface area contributed by atoms with Crippen LogP contribution in [-0.4, -0.2) is 38.0 Å². The molecule has 4 rings (SSSR count). The van der Waals surface area contributed by atoms with E-state index in [9.17, 15) is 9.59 Å². The molecule has 160 valence electrons. The Morgan fingerprint density at radius 3 is 2.65 bits per heavy atom. The van der Waals surface area contributed by atoms with Crippen LogP contribution in [0.4, 0.5) is 0 Å². The molecule has 2 aromatic heterocycles. The van der Waals surface area contributed by atoms with Crippen molar-refractivity contribution >= 4 is 11.8 Å². The first-order valence-corrected chi connectivity index (χ1v) is 10.6. The predicted octanol–water partition coefficient (Wildman–Crippen LogP) is 3.42. The number of carbonyl (C=O) groups excluding carboxylic acids is 2. The maximum Gasteiger partial charge on any atom is 0.257 e. The van der Waals surface area contributed by atoms with E-state index in [0.717, 1.165) is 24.8 Å². The molecule has 0 spiro atoms. The van der Waals surface area contributed by atoms with E-state index in [4.69, 9.17) is 0 Å². The maximum absolute atomic E-state index is 13.4. The molecule has 1 aromatic carbocycles. The summed E-state index contributed by atoms with van der Waals surface area (Å²) in [5, 5.41) is 7.30. The van der Waals surface area contributed by atoms with Crippen LogP contribution >= 0.6 is 0 Å². The van der Waals surface area contributed by atoms with Crippen LogP contribution in [0.3, 0.4) is 0 Å². The molecule has 7 heteroatoms. The van der Waals surface area contributed by atoms with E-state index in [0.29, 0.717) is 35.6 Å². The van der Waals surface area contributed by atoms with Gasteiger partial charge in [-0.2, -0.15) is 5.10 Å². The van der Waals surface area contributed by atoms with Crippen LogP contribution in [0, 0.1) is 6.92 Å².